The number of ketones is 1. The van der Waals surface area contributed by atoms with E-state index in [1.54, 1.807) is 0 Å². The molecule has 2 aromatic rings. The van der Waals surface area contributed by atoms with Gasteiger partial charge in [0, 0.05) is 36.1 Å². The van der Waals surface area contributed by atoms with E-state index in [4.69, 9.17) is 0 Å². The van der Waals surface area contributed by atoms with Crippen molar-refractivity contribution in [3.63, 3.8) is 0 Å². The van der Waals surface area contributed by atoms with Crippen molar-refractivity contribution in [3.05, 3.63) is 94.7 Å². The average molecular weight is 394 g/mol. The minimum absolute atomic E-state index is 0. The Morgan fingerprint density at radius 3 is 2.40 bits per heavy atom. The first-order valence-corrected chi connectivity index (χ1v) is 8.38. The molecule has 0 N–H and O–H groups in total. The maximum absolute atomic E-state index is 12.7. The zero-order chi connectivity index (χ0) is 16.5. The highest BCUT2D eigenvalue weighted by atomic mass is 79.9. The number of benzene rings is 2. The van der Waals surface area contributed by atoms with E-state index in [1.807, 2.05) is 24.3 Å². The van der Waals surface area contributed by atoms with Gasteiger partial charge in [-0.1, -0.05) is 54.6 Å². The lowest BCUT2D eigenvalue weighted by Gasteiger charge is -2.11. The van der Waals surface area contributed by atoms with Gasteiger partial charge in [-0.15, -0.1) is 0 Å². The molecule has 0 amide bonds. The molecule has 0 aromatic heterocycles. The summed E-state index contributed by atoms with van der Waals surface area (Å²) < 4.78 is 2.27. The van der Waals surface area contributed by atoms with Gasteiger partial charge in [-0.3, -0.25) is 4.79 Å². The molecule has 0 atom stereocenters. The number of allylic oxidation sites excluding steroid dienone is 3. The van der Waals surface area contributed by atoms with Crippen LogP contribution in [0.25, 0.3) is 0 Å². The summed E-state index contributed by atoms with van der Waals surface area (Å²) in [4.78, 5) is 12.7. The first-order chi connectivity index (χ1) is 11.7. The maximum Gasteiger partial charge on any atom is 0.189 e. The second-order valence-electron chi connectivity index (χ2n) is 6.51. The number of carbonyl (C=O) groups excluding carboxylic acids is 1. The van der Waals surface area contributed by atoms with Crippen LogP contribution in [-0.4, -0.2) is 16.1 Å². The standard InChI is InChI=1S/C22H20NO.BrH/c1-16-13-19(11-12-23(16)15-17-7-3-2-4-8-17)21-14-18-9-5-6-10-20(18)22(21)24;/h2-12H,13-15H2,1H3;1H/q+1;/p-1. The van der Waals surface area contributed by atoms with Gasteiger partial charge in [0.25, 0.3) is 0 Å². The van der Waals surface area contributed by atoms with Gasteiger partial charge >= 0.3 is 0 Å². The molecule has 0 fully saturated rings. The Bertz CT molecular complexity index is 907. The molecule has 0 spiro atoms. The van der Waals surface area contributed by atoms with E-state index in [0.717, 1.165) is 41.7 Å². The fourth-order valence-corrected chi connectivity index (χ4v) is 3.51. The van der Waals surface area contributed by atoms with Crippen LogP contribution in [0.15, 0.2) is 78.0 Å². The number of fused-ring (bicyclic) bond motifs is 1. The Labute approximate surface area is 159 Å². The quantitative estimate of drug-likeness (QED) is 0.556. The summed E-state index contributed by atoms with van der Waals surface area (Å²) >= 11 is 0. The van der Waals surface area contributed by atoms with E-state index >= 15 is 0 Å². The van der Waals surface area contributed by atoms with Gasteiger partial charge < -0.3 is 17.0 Å². The lowest BCUT2D eigenvalue weighted by Crippen LogP contribution is -3.00. The fraction of sp³-hybridized carbons (Fsp3) is 0.182. The largest absolute Gasteiger partial charge is 1.00 e. The van der Waals surface area contributed by atoms with Crippen molar-refractivity contribution in [2.24, 2.45) is 0 Å². The second-order valence-corrected chi connectivity index (χ2v) is 6.51. The molecule has 0 saturated carbocycles. The number of nitrogens with zero attached hydrogens (tertiary/aromatic N) is 1. The van der Waals surface area contributed by atoms with E-state index in [0.29, 0.717) is 0 Å². The average Bonchev–Trinajstić information content (AvgIpc) is 2.95. The molecule has 2 aromatic carbocycles. The van der Waals surface area contributed by atoms with E-state index in [2.05, 4.69) is 54.1 Å². The van der Waals surface area contributed by atoms with E-state index in [-0.39, 0.29) is 22.8 Å². The molecule has 0 radical (unpaired) electrons. The first-order valence-electron chi connectivity index (χ1n) is 8.38. The number of halogens is 1. The molecule has 0 saturated heterocycles. The molecular formula is C22H20BrNO. The highest BCUT2D eigenvalue weighted by Gasteiger charge is 2.28. The molecule has 3 heteroatoms. The molecule has 2 aliphatic rings. The molecule has 126 valence electrons. The van der Waals surface area contributed by atoms with E-state index < -0.39 is 0 Å². The zero-order valence-electron chi connectivity index (χ0n) is 14.2. The summed E-state index contributed by atoms with van der Waals surface area (Å²) in [6, 6.07) is 18.4. The second kappa shape index (κ2) is 7.32. The molecule has 1 aliphatic carbocycles. The fourth-order valence-electron chi connectivity index (χ4n) is 3.51. The van der Waals surface area contributed by atoms with Crippen LogP contribution in [0.5, 0.6) is 0 Å². The molecule has 1 aliphatic heterocycles. The summed E-state index contributed by atoms with van der Waals surface area (Å²) in [7, 11) is 0. The van der Waals surface area contributed by atoms with Crippen LogP contribution in [0.1, 0.15) is 34.8 Å². The number of rotatable bonds is 2. The van der Waals surface area contributed by atoms with Gasteiger partial charge in [-0.05, 0) is 11.1 Å². The number of hydrogen-bond donors (Lipinski definition) is 0. The minimum Gasteiger partial charge on any atom is -1.00 e. The molecule has 1 heterocycles. The zero-order valence-corrected chi connectivity index (χ0v) is 15.8. The summed E-state index contributed by atoms with van der Waals surface area (Å²) in [5.74, 6) is 0.203. The highest BCUT2D eigenvalue weighted by molar-refractivity contribution is 6.14. The third kappa shape index (κ3) is 3.42. The number of Topliss-reactive ketones (excluding diaryl/α,β-unsaturated/α-hetero) is 1. The number of hydrogen-bond acceptors (Lipinski definition) is 1. The predicted octanol–water partition coefficient (Wildman–Crippen LogP) is 1.32. The smallest absolute Gasteiger partial charge is 0.189 e. The normalized spacial score (nSPS) is 19.0. The van der Waals surface area contributed by atoms with Crippen molar-refractivity contribution < 1.29 is 26.4 Å². The van der Waals surface area contributed by atoms with Gasteiger partial charge in [0.1, 0.15) is 0 Å². The molecule has 4 rings (SSSR count). The monoisotopic (exact) mass is 393 g/mol. The van der Waals surface area contributed by atoms with Crippen molar-refractivity contribution in [2.75, 3.05) is 0 Å². The van der Waals surface area contributed by atoms with Crippen LogP contribution in [0.4, 0.5) is 0 Å². The van der Waals surface area contributed by atoms with Crippen LogP contribution < -0.4 is 17.0 Å². The maximum atomic E-state index is 12.7. The molecule has 25 heavy (non-hydrogen) atoms. The van der Waals surface area contributed by atoms with Crippen LogP contribution in [0.2, 0.25) is 0 Å². The van der Waals surface area contributed by atoms with Gasteiger partial charge in [-0.25, -0.2) is 4.58 Å². The SMILES string of the molecule is CC1=[N+](Cc2ccccc2)C=CC(=C2Cc3ccccc3C2=O)C1.[Br-]. The lowest BCUT2D eigenvalue weighted by atomic mass is 9.97. The Hall–Kier alpha value is -2.26. The first kappa shape index (κ1) is 17.6. The van der Waals surface area contributed by atoms with Gasteiger partial charge in [0.15, 0.2) is 24.2 Å². The van der Waals surface area contributed by atoms with Crippen LogP contribution in [0, 0.1) is 0 Å². The summed E-state index contributed by atoms with van der Waals surface area (Å²) in [6.07, 6.45) is 5.85. The molecular weight excluding hydrogens is 374 g/mol. The summed E-state index contributed by atoms with van der Waals surface area (Å²) in [5.41, 5.74) is 6.74. The molecule has 2 nitrogen and oxygen atoms in total. The summed E-state index contributed by atoms with van der Waals surface area (Å²) in [5, 5.41) is 0. The Kier molecular flexibility index (Phi) is 5.14. The van der Waals surface area contributed by atoms with Crippen molar-refractivity contribution in [1.82, 2.24) is 0 Å². The lowest BCUT2D eigenvalue weighted by molar-refractivity contribution is -0.476. The van der Waals surface area contributed by atoms with Gasteiger partial charge in [-0.2, -0.15) is 0 Å². The van der Waals surface area contributed by atoms with Crippen molar-refractivity contribution in [3.8, 4) is 0 Å². The van der Waals surface area contributed by atoms with Crippen LogP contribution in [0.3, 0.4) is 0 Å². The molecule has 0 bridgehead atoms. The van der Waals surface area contributed by atoms with Gasteiger partial charge in [0.05, 0.1) is 6.42 Å². The third-order valence-corrected chi connectivity index (χ3v) is 4.88. The van der Waals surface area contributed by atoms with Crippen molar-refractivity contribution in [2.45, 2.75) is 26.3 Å². The predicted molar refractivity (Wildman–Crippen MR) is 96.3 cm³/mol. The Balaban J connectivity index is 0.00000182. The van der Waals surface area contributed by atoms with Crippen molar-refractivity contribution in [1.29, 1.82) is 0 Å². The number of carbonyl (C=O) groups is 1. The van der Waals surface area contributed by atoms with Crippen LogP contribution in [-0.2, 0) is 13.0 Å². The minimum atomic E-state index is 0. The molecule has 0 unspecified atom stereocenters. The Morgan fingerprint density at radius 1 is 0.960 bits per heavy atom. The highest BCUT2D eigenvalue weighted by Crippen LogP contribution is 2.30. The topological polar surface area (TPSA) is 20.1 Å². The van der Waals surface area contributed by atoms with Crippen LogP contribution >= 0.6 is 0 Å². The van der Waals surface area contributed by atoms with Crippen molar-refractivity contribution >= 4 is 11.5 Å². The Morgan fingerprint density at radius 2 is 1.68 bits per heavy atom. The third-order valence-electron chi connectivity index (χ3n) is 4.88. The van der Waals surface area contributed by atoms with E-state index in [1.165, 1.54) is 11.3 Å². The van der Waals surface area contributed by atoms with Gasteiger partial charge in [0.2, 0.25) is 0 Å². The van der Waals surface area contributed by atoms with E-state index in [9.17, 15) is 4.79 Å². The summed E-state index contributed by atoms with van der Waals surface area (Å²) in [6.45, 7) is 3.03.